The van der Waals surface area contributed by atoms with E-state index in [0.29, 0.717) is 35.2 Å². The van der Waals surface area contributed by atoms with E-state index in [1.165, 1.54) is 7.11 Å². The summed E-state index contributed by atoms with van der Waals surface area (Å²) in [4.78, 5) is 25.3. The summed E-state index contributed by atoms with van der Waals surface area (Å²) in [6.07, 6.45) is 0.138. The van der Waals surface area contributed by atoms with Gasteiger partial charge in [-0.1, -0.05) is 29.8 Å². The highest BCUT2D eigenvalue weighted by molar-refractivity contribution is 6.31. The van der Waals surface area contributed by atoms with Gasteiger partial charge >= 0.3 is 0 Å². The number of carbonyl (C=O) groups is 2. The minimum absolute atomic E-state index is 0.00227. The predicted molar refractivity (Wildman–Crippen MR) is 104 cm³/mol. The highest BCUT2D eigenvalue weighted by atomic mass is 35.5. The molecule has 3 rings (SSSR count). The molecular formula is C20H21ClN2O4. The number of carbonyl (C=O) groups excluding carboxylic acids is 2. The van der Waals surface area contributed by atoms with Crippen molar-refractivity contribution < 1.29 is 19.1 Å². The Hall–Kier alpha value is -2.41. The zero-order valence-corrected chi connectivity index (χ0v) is 15.7. The Balaban J connectivity index is 1.75. The normalized spacial score (nSPS) is 17.3. The van der Waals surface area contributed by atoms with Gasteiger partial charge in [0.05, 0.1) is 17.9 Å². The maximum Gasteiger partial charge on any atom is 0.257 e. The summed E-state index contributed by atoms with van der Waals surface area (Å²) in [5.74, 6) is -0.634. The molecule has 2 unspecified atom stereocenters. The van der Waals surface area contributed by atoms with Crippen LogP contribution in [0.15, 0.2) is 48.5 Å². The average Bonchev–Trinajstić information content (AvgIpc) is 3.17. The van der Waals surface area contributed by atoms with Crippen LogP contribution in [0.25, 0.3) is 0 Å². The highest BCUT2D eigenvalue weighted by Gasteiger charge is 2.32. The summed E-state index contributed by atoms with van der Waals surface area (Å²) < 4.78 is 10.7. The van der Waals surface area contributed by atoms with Crippen molar-refractivity contribution in [3.05, 3.63) is 59.1 Å². The molecule has 0 aromatic heterocycles. The van der Waals surface area contributed by atoms with Crippen LogP contribution in [0.5, 0.6) is 0 Å². The third kappa shape index (κ3) is 4.86. The lowest BCUT2D eigenvalue weighted by Gasteiger charge is -2.21. The van der Waals surface area contributed by atoms with Crippen molar-refractivity contribution in [2.45, 2.75) is 12.5 Å². The lowest BCUT2D eigenvalue weighted by atomic mass is 10.0. The van der Waals surface area contributed by atoms with E-state index in [1.54, 1.807) is 48.5 Å². The van der Waals surface area contributed by atoms with Gasteiger partial charge in [0.25, 0.3) is 11.8 Å². The number of amides is 2. The molecule has 0 radical (unpaired) electrons. The first kappa shape index (κ1) is 19.4. The number of anilines is 2. The maximum atomic E-state index is 12.7. The second-order valence-electron chi connectivity index (χ2n) is 6.28. The van der Waals surface area contributed by atoms with Gasteiger partial charge in [-0.05, 0) is 36.8 Å². The van der Waals surface area contributed by atoms with Gasteiger partial charge in [0.1, 0.15) is 6.10 Å². The number of methoxy groups -OCH3 is 1. The fourth-order valence-electron chi connectivity index (χ4n) is 3.06. The minimum atomic E-state index is -0.628. The predicted octanol–water partition coefficient (Wildman–Crippen LogP) is 3.58. The van der Waals surface area contributed by atoms with Gasteiger partial charge in [-0.3, -0.25) is 9.59 Å². The highest BCUT2D eigenvalue weighted by Crippen LogP contribution is 2.23. The first-order chi connectivity index (χ1) is 13.1. The van der Waals surface area contributed by atoms with E-state index in [4.69, 9.17) is 21.1 Å². The molecule has 1 saturated heterocycles. The molecule has 27 heavy (non-hydrogen) atoms. The van der Waals surface area contributed by atoms with E-state index in [0.717, 1.165) is 6.42 Å². The number of halogens is 1. The molecule has 2 atom stereocenters. The number of para-hydroxylation sites is 1. The van der Waals surface area contributed by atoms with Crippen LogP contribution in [-0.2, 0) is 14.3 Å². The van der Waals surface area contributed by atoms with E-state index < -0.39 is 6.10 Å². The Morgan fingerprint density at radius 3 is 2.70 bits per heavy atom. The lowest BCUT2D eigenvalue weighted by molar-refractivity contribution is -0.128. The fourth-order valence-corrected chi connectivity index (χ4v) is 3.25. The van der Waals surface area contributed by atoms with E-state index in [2.05, 4.69) is 10.6 Å². The maximum absolute atomic E-state index is 12.7. The summed E-state index contributed by atoms with van der Waals surface area (Å²) in [6.45, 7) is 1.11. The average molecular weight is 389 g/mol. The Labute approximate surface area is 162 Å². The summed E-state index contributed by atoms with van der Waals surface area (Å²) in [5, 5.41) is 6.12. The smallest absolute Gasteiger partial charge is 0.257 e. The molecule has 0 bridgehead atoms. The summed E-state index contributed by atoms with van der Waals surface area (Å²) in [6, 6.07) is 13.7. The number of nitrogens with one attached hydrogen (secondary N) is 2. The molecule has 2 aromatic carbocycles. The van der Waals surface area contributed by atoms with Crippen molar-refractivity contribution in [3.8, 4) is 0 Å². The van der Waals surface area contributed by atoms with Crippen molar-refractivity contribution in [1.29, 1.82) is 0 Å². The lowest BCUT2D eigenvalue weighted by Crippen LogP contribution is -2.37. The van der Waals surface area contributed by atoms with Crippen LogP contribution in [-0.4, -0.2) is 38.2 Å². The molecule has 0 aliphatic carbocycles. The molecule has 2 aromatic rings. The van der Waals surface area contributed by atoms with Crippen LogP contribution in [0.2, 0.25) is 5.02 Å². The molecule has 2 amide bonds. The van der Waals surface area contributed by atoms with Crippen molar-refractivity contribution in [2.75, 3.05) is 31.0 Å². The van der Waals surface area contributed by atoms with Gasteiger partial charge < -0.3 is 20.1 Å². The fraction of sp³-hybridized carbons (Fsp3) is 0.300. The van der Waals surface area contributed by atoms with Gasteiger partial charge in [-0.25, -0.2) is 0 Å². The molecule has 7 heteroatoms. The van der Waals surface area contributed by atoms with Crippen molar-refractivity contribution in [1.82, 2.24) is 0 Å². The van der Waals surface area contributed by atoms with E-state index in [-0.39, 0.29) is 17.7 Å². The van der Waals surface area contributed by atoms with Gasteiger partial charge in [0.2, 0.25) is 0 Å². The molecule has 1 heterocycles. The topological polar surface area (TPSA) is 76.7 Å². The quantitative estimate of drug-likeness (QED) is 0.793. The SMILES string of the molecule is COC(C(=O)Nc1ccccc1C(=O)Nc1cccc(Cl)c1)C1CCOC1. The second-order valence-corrected chi connectivity index (χ2v) is 6.72. The third-order valence-corrected chi connectivity index (χ3v) is 4.65. The van der Waals surface area contributed by atoms with Crippen LogP contribution in [0.4, 0.5) is 11.4 Å². The zero-order valence-electron chi connectivity index (χ0n) is 14.9. The zero-order chi connectivity index (χ0) is 19.2. The van der Waals surface area contributed by atoms with E-state index >= 15 is 0 Å². The van der Waals surface area contributed by atoms with Crippen LogP contribution in [0.3, 0.4) is 0 Å². The first-order valence-corrected chi connectivity index (χ1v) is 9.03. The van der Waals surface area contributed by atoms with Crippen molar-refractivity contribution in [2.24, 2.45) is 5.92 Å². The van der Waals surface area contributed by atoms with Gasteiger partial charge in [-0.2, -0.15) is 0 Å². The van der Waals surface area contributed by atoms with Crippen molar-refractivity contribution in [3.63, 3.8) is 0 Å². The molecule has 1 aliphatic heterocycles. The standard InChI is InChI=1S/C20H21ClN2O4/c1-26-18(13-9-10-27-12-13)20(25)23-17-8-3-2-7-16(17)19(24)22-15-6-4-5-14(21)11-15/h2-8,11,13,18H,9-10,12H2,1H3,(H,22,24)(H,23,25). The third-order valence-electron chi connectivity index (χ3n) is 4.42. The summed E-state index contributed by atoms with van der Waals surface area (Å²) >= 11 is 5.96. The second kappa shape index (κ2) is 8.99. The molecule has 0 spiro atoms. The Kier molecular flexibility index (Phi) is 6.45. The van der Waals surface area contributed by atoms with Crippen molar-refractivity contribution >= 4 is 34.8 Å². The largest absolute Gasteiger partial charge is 0.381 e. The first-order valence-electron chi connectivity index (χ1n) is 8.66. The van der Waals surface area contributed by atoms with Crippen LogP contribution in [0.1, 0.15) is 16.8 Å². The van der Waals surface area contributed by atoms with E-state index in [1.807, 2.05) is 0 Å². The Morgan fingerprint density at radius 2 is 2.00 bits per heavy atom. The minimum Gasteiger partial charge on any atom is -0.381 e. The summed E-state index contributed by atoms with van der Waals surface area (Å²) in [7, 11) is 1.50. The molecule has 1 fully saturated rings. The molecule has 0 saturated carbocycles. The molecule has 142 valence electrons. The number of ether oxygens (including phenoxy) is 2. The number of hydrogen-bond donors (Lipinski definition) is 2. The Morgan fingerprint density at radius 1 is 1.19 bits per heavy atom. The van der Waals surface area contributed by atoms with E-state index in [9.17, 15) is 9.59 Å². The molecule has 1 aliphatic rings. The molecule has 2 N–H and O–H groups in total. The van der Waals surface area contributed by atoms with Gasteiger partial charge in [0, 0.05) is 30.3 Å². The van der Waals surface area contributed by atoms with Crippen LogP contribution < -0.4 is 10.6 Å². The molecular weight excluding hydrogens is 368 g/mol. The molecule has 6 nitrogen and oxygen atoms in total. The number of hydrogen-bond acceptors (Lipinski definition) is 4. The number of rotatable bonds is 6. The van der Waals surface area contributed by atoms with Crippen LogP contribution in [0, 0.1) is 5.92 Å². The monoisotopic (exact) mass is 388 g/mol. The van der Waals surface area contributed by atoms with Gasteiger partial charge in [-0.15, -0.1) is 0 Å². The number of benzene rings is 2. The van der Waals surface area contributed by atoms with Crippen LogP contribution >= 0.6 is 11.6 Å². The van der Waals surface area contributed by atoms with Gasteiger partial charge in [0.15, 0.2) is 0 Å². The summed E-state index contributed by atoms with van der Waals surface area (Å²) in [5.41, 5.74) is 1.35. The Bertz CT molecular complexity index is 821.